The Morgan fingerprint density at radius 3 is 2.41 bits per heavy atom. The highest BCUT2D eigenvalue weighted by Gasteiger charge is 2.44. The number of para-hydroxylation sites is 1. The Hall–Kier alpha value is -2.47. The van der Waals surface area contributed by atoms with E-state index in [4.69, 9.17) is 0 Å². The van der Waals surface area contributed by atoms with Gasteiger partial charge in [0.1, 0.15) is 30.9 Å². The second-order valence-corrected chi connectivity index (χ2v) is 7.65. The van der Waals surface area contributed by atoms with Crippen LogP contribution in [0.2, 0.25) is 0 Å². The van der Waals surface area contributed by atoms with Crippen molar-refractivity contribution in [1.29, 1.82) is 0 Å². The molecule has 4 unspecified atom stereocenters. The van der Waals surface area contributed by atoms with E-state index in [0.717, 1.165) is 18.5 Å². The number of fused-ring (bicyclic) bond motifs is 3. The summed E-state index contributed by atoms with van der Waals surface area (Å²) in [6, 6.07) is 14.0. The molecule has 4 atom stereocenters. The van der Waals surface area contributed by atoms with E-state index in [9.17, 15) is 22.7 Å². The summed E-state index contributed by atoms with van der Waals surface area (Å²) in [4.78, 5) is 4.35. The molecule has 0 bridgehead atoms. The number of benzene rings is 2. The largest absolute Gasteiger partial charge is 0.387 e. The standard InChI is InChI=1S/C14H18F4O.C9H5N/c1-8-4-5-10(17)6-11(8)14(3,7-15)13(18)12(19)9(2)16;1-2-4-8-6(3-1)7-5-9(7)10-8/h4-6,9,12-13,19H,7H2,1-3H3;1-5H. The predicted octanol–water partition coefficient (Wildman–Crippen LogP) is 5.63. The average molecular weight is 405 g/mol. The molecule has 1 aliphatic heterocycles. The summed E-state index contributed by atoms with van der Waals surface area (Å²) < 4.78 is 53.8. The van der Waals surface area contributed by atoms with Crippen molar-refractivity contribution >= 4 is 10.9 Å². The highest BCUT2D eigenvalue weighted by molar-refractivity contribution is 6.04. The molecule has 2 nitrogen and oxygen atoms in total. The van der Waals surface area contributed by atoms with Gasteiger partial charge in [0.05, 0.1) is 16.6 Å². The molecule has 29 heavy (non-hydrogen) atoms. The molecule has 0 spiro atoms. The number of aliphatic hydroxyl groups is 1. The lowest BCUT2D eigenvalue weighted by Crippen LogP contribution is -2.47. The fraction of sp³-hybridized carbons (Fsp3) is 0.348. The van der Waals surface area contributed by atoms with Gasteiger partial charge >= 0.3 is 0 Å². The number of rotatable bonds is 5. The van der Waals surface area contributed by atoms with Gasteiger partial charge in [-0.15, -0.1) is 0 Å². The number of pyridine rings is 1. The van der Waals surface area contributed by atoms with E-state index in [1.165, 1.54) is 35.7 Å². The van der Waals surface area contributed by atoms with E-state index >= 15 is 0 Å². The second-order valence-electron chi connectivity index (χ2n) is 7.65. The molecule has 1 heterocycles. The Balaban J connectivity index is 0.000000196. The fourth-order valence-corrected chi connectivity index (χ4v) is 3.45. The first kappa shape index (κ1) is 21.2. The van der Waals surface area contributed by atoms with Crippen LogP contribution in [0.25, 0.3) is 22.2 Å². The van der Waals surface area contributed by atoms with E-state index in [1.54, 1.807) is 6.92 Å². The Morgan fingerprint density at radius 1 is 1.10 bits per heavy atom. The predicted molar refractivity (Wildman–Crippen MR) is 107 cm³/mol. The summed E-state index contributed by atoms with van der Waals surface area (Å²) in [6.07, 6.45) is -5.96. The van der Waals surface area contributed by atoms with E-state index < -0.39 is 36.4 Å². The van der Waals surface area contributed by atoms with Crippen molar-refractivity contribution in [2.75, 3.05) is 6.67 Å². The van der Waals surface area contributed by atoms with E-state index in [0.29, 0.717) is 5.56 Å². The third kappa shape index (κ3) is 4.13. The molecule has 2 aliphatic rings. The number of nitrogens with zero attached hydrogens (tertiary/aromatic N) is 1. The van der Waals surface area contributed by atoms with Crippen LogP contribution in [-0.2, 0) is 5.41 Å². The number of aliphatic hydroxyl groups excluding tert-OH is 1. The zero-order valence-corrected chi connectivity index (χ0v) is 16.5. The SMILES string of the molecule is Cc1ccc(F)cc1C(C)(CF)C(F)C(O)C(C)F.c1ccc2c3cc-3nc2c1. The first-order chi connectivity index (χ1) is 13.7. The number of hydrogen-bond donors (Lipinski definition) is 1. The monoisotopic (exact) mass is 405 g/mol. The van der Waals surface area contributed by atoms with Crippen LogP contribution in [0.15, 0.2) is 48.5 Å². The first-order valence-electron chi connectivity index (χ1n) is 9.38. The van der Waals surface area contributed by atoms with E-state index in [-0.39, 0.29) is 5.56 Å². The van der Waals surface area contributed by atoms with Gasteiger partial charge in [-0.05, 0) is 49.2 Å². The Bertz CT molecular complexity index is 1020. The van der Waals surface area contributed by atoms with Gasteiger partial charge in [0.25, 0.3) is 0 Å². The lowest BCUT2D eigenvalue weighted by molar-refractivity contribution is -0.0204. The van der Waals surface area contributed by atoms with Crippen molar-refractivity contribution < 1.29 is 22.7 Å². The minimum Gasteiger partial charge on any atom is -0.387 e. The highest BCUT2D eigenvalue weighted by atomic mass is 19.2. The summed E-state index contributed by atoms with van der Waals surface area (Å²) in [5.74, 6) is -0.629. The second kappa shape index (κ2) is 8.11. The normalized spacial score (nSPS) is 17.0. The number of alkyl halides is 3. The summed E-state index contributed by atoms with van der Waals surface area (Å²) in [5.41, 5.74) is 2.46. The molecular weight excluding hydrogens is 382 g/mol. The Kier molecular flexibility index (Phi) is 5.94. The number of hydrogen-bond acceptors (Lipinski definition) is 2. The molecule has 0 radical (unpaired) electrons. The van der Waals surface area contributed by atoms with Crippen LogP contribution in [0.4, 0.5) is 17.6 Å². The molecule has 0 aromatic heterocycles. The number of aryl methyl sites for hydroxylation is 1. The van der Waals surface area contributed by atoms with Gasteiger partial charge in [-0.25, -0.2) is 18.2 Å². The molecule has 0 saturated heterocycles. The lowest BCUT2D eigenvalue weighted by Gasteiger charge is -2.35. The summed E-state index contributed by atoms with van der Waals surface area (Å²) >= 11 is 0. The Morgan fingerprint density at radius 2 is 1.79 bits per heavy atom. The summed E-state index contributed by atoms with van der Waals surface area (Å²) in [5, 5.41) is 10.8. The van der Waals surface area contributed by atoms with E-state index in [1.807, 2.05) is 6.07 Å². The smallest absolute Gasteiger partial charge is 0.141 e. The molecule has 154 valence electrons. The summed E-state index contributed by atoms with van der Waals surface area (Å²) in [6.45, 7) is 2.63. The molecule has 6 heteroatoms. The molecule has 1 aliphatic carbocycles. The van der Waals surface area contributed by atoms with Gasteiger partial charge in [-0.3, -0.25) is 4.39 Å². The van der Waals surface area contributed by atoms with Crippen molar-refractivity contribution in [3.8, 4) is 11.3 Å². The molecular formula is C23H23F4NO. The number of halogens is 4. The van der Waals surface area contributed by atoms with Gasteiger partial charge < -0.3 is 5.11 Å². The minimum atomic E-state index is -2.17. The minimum absolute atomic E-state index is 0.0993. The maximum absolute atomic E-state index is 14.2. The van der Waals surface area contributed by atoms with E-state index in [2.05, 4.69) is 29.2 Å². The van der Waals surface area contributed by atoms with Crippen LogP contribution in [0.5, 0.6) is 0 Å². The maximum atomic E-state index is 14.2. The Labute approximate surface area is 167 Å². The molecule has 0 saturated carbocycles. The quantitative estimate of drug-likeness (QED) is 0.436. The zero-order chi connectivity index (χ0) is 21.3. The molecule has 0 amide bonds. The van der Waals surface area contributed by atoms with Crippen LogP contribution in [0.1, 0.15) is 25.0 Å². The van der Waals surface area contributed by atoms with Crippen molar-refractivity contribution in [2.24, 2.45) is 0 Å². The molecule has 2 aromatic rings. The zero-order valence-electron chi connectivity index (χ0n) is 16.5. The third-order valence-electron chi connectivity index (χ3n) is 5.38. The van der Waals surface area contributed by atoms with Crippen LogP contribution in [0.3, 0.4) is 0 Å². The topological polar surface area (TPSA) is 33.1 Å². The van der Waals surface area contributed by atoms with Crippen LogP contribution in [-0.4, -0.2) is 35.2 Å². The van der Waals surface area contributed by atoms with Crippen LogP contribution < -0.4 is 0 Å². The summed E-state index contributed by atoms with van der Waals surface area (Å²) in [7, 11) is 0. The van der Waals surface area contributed by atoms with Gasteiger partial charge in [-0.2, -0.15) is 0 Å². The van der Waals surface area contributed by atoms with Gasteiger partial charge in [0.15, 0.2) is 0 Å². The fourth-order valence-electron chi connectivity index (χ4n) is 3.45. The van der Waals surface area contributed by atoms with Crippen LogP contribution in [0, 0.1) is 12.7 Å². The van der Waals surface area contributed by atoms with Gasteiger partial charge in [0.2, 0.25) is 0 Å². The molecule has 4 rings (SSSR count). The molecule has 1 N–H and O–H groups in total. The van der Waals surface area contributed by atoms with Gasteiger partial charge in [-0.1, -0.05) is 31.2 Å². The van der Waals surface area contributed by atoms with Crippen LogP contribution >= 0.6 is 0 Å². The lowest BCUT2D eigenvalue weighted by atomic mass is 9.75. The first-order valence-corrected chi connectivity index (χ1v) is 9.38. The maximum Gasteiger partial charge on any atom is 0.141 e. The molecule has 2 aromatic carbocycles. The van der Waals surface area contributed by atoms with Crippen molar-refractivity contribution in [2.45, 2.75) is 44.6 Å². The van der Waals surface area contributed by atoms with Crippen molar-refractivity contribution in [3.63, 3.8) is 0 Å². The van der Waals surface area contributed by atoms with Crippen molar-refractivity contribution in [1.82, 2.24) is 4.98 Å². The third-order valence-corrected chi connectivity index (χ3v) is 5.38. The highest BCUT2D eigenvalue weighted by Crippen LogP contribution is 2.39. The van der Waals surface area contributed by atoms with Gasteiger partial charge in [0, 0.05) is 10.9 Å². The number of aromatic nitrogens is 1. The van der Waals surface area contributed by atoms with Crippen molar-refractivity contribution in [3.05, 3.63) is 65.5 Å². The average Bonchev–Trinajstić information content (AvgIpc) is 3.39. The molecule has 0 fully saturated rings.